The van der Waals surface area contributed by atoms with E-state index < -0.39 is 0 Å². The van der Waals surface area contributed by atoms with Gasteiger partial charge in [0.2, 0.25) is 5.91 Å². The molecular formula is C18H19ClN2O. The van der Waals surface area contributed by atoms with Gasteiger partial charge in [0.25, 0.3) is 0 Å². The molecule has 3 rings (SSSR count). The van der Waals surface area contributed by atoms with E-state index in [0.29, 0.717) is 13.0 Å². The second kappa shape index (κ2) is 6.41. The van der Waals surface area contributed by atoms with Crippen molar-refractivity contribution in [1.29, 1.82) is 0 Å². The van der Waals surface area contributed by atoms with E-state index in [4.69, 9.17) is 11.6 Å². The molecule has 0 atom stereocenters. The zero-order valence-electron chi connectivity index (χ0n) is 12.6. The van der Waals surface area contributed by atoms with Crippen LogP contribution in [0.1, 0.15) is 17.5 Å². The Morgan fingerprint density at radius 1 is 1.27 bits per heavy atom. The molecule has 4 heteroatoms. The molecule has 0 radical (unpaired) electrons. The van der Waals surface area contributed by atoms with Crippen LogP contribution in [0.2, 0.25) is 5.02 Å². The summed E-state index contributed by atoms with van der Waals surface area (Å²) in [5, 5.41) is 4.04. The van der Waals surface area contributed by atoms with E-state index >= 15 is 0 Å². The second-order valence-corrected chi connectivity index (χ2v) is 6.00. The number of hydrogen-bond donors (Lipinski definition) is 1. The molecule has 0 saturated carbocycles. The van der Waals surface area contributed by atoms with Gasteiger partial charge < -0.3 is 10.2 Å². The number of benzene rings is 2. The van der Waals surface area contributed by atoms with Gasteiger partial charge in [0, 0.05) is 35.9 Å². The molecule has 0 unspecified atom stereocenters. The molecule has 0 fully saturated rings. The van der Waals surface area contributed by atoms with E-state index in [1.165, 1.54) is 5.56 Å². The summed E-state index contributed by atoms with van der Waals surface area (Å²) in [5.74, 6) is 0.170. The Bertz CT molecular complexity index is 699. The number of para-hydroxylation sites is 1. The third-order valence-corrected chi connectivity index (χ3v) is 4.27. The summed E-state index contributed by atoms with van der Waals surface area (Å²) in [4.78, 5) is 14.3. The number of anilines is 2. The van der Waals surface area contributed by atoms with Crippen LogP contribution in [0.4, 0.5) is 11.4 Å². The smallest absolute Gasteiger partial charge is 0.228 e. The van der Waals surface area contributed by atoms with Gasteiger partial charge in [-0.3, -0.25) is 4.79 Å². The minimum atomic E-state index is 0.170. The number of aryl methyl sites for hydroxylation is 1. The molecular weight excluding hydrogens is 296 g/mol. The van der Waals surface area contributed by atoms with Gasteiger partial charge in [-0.1, -0.05) is 29.8 Å². The molecule has 2 aromatic carbocycles. The van der Waals surface area contributed by atoms with Gasteiger partial charge in [0.1, 0.15) is 0 Å². The first kappa shape index (κ1) is 14.9. The number of fused-ring (bicyclic) bond motifs is 1. The van der Waals surface area contributed by atoms with Gasteiger partial charge in [-0.25, -0.2) is 0 Å². The van der Waals surface area contributed by atoms with Crippen LogP contribution in [0.25, 0.3) is 0 Å². The highest BCUT2D eigenvalue weighted by Gasteiger charge is 2.23. The average molecular weight is 315 g/mol. The predicted octanol–water partition coefficient (Wildman–Crippen LogP) is 4.04. The molecule has 22 heavy (non-hydrogen) atoms. The summed E-state index contributed by atoms with van der Waals surface area (Å²) < 4.78 is 0. The number of rotatable bonds is 4. The largest absolute Gasteiger partial charge is 0.384 e. The maximum atomic E-state index is 12.4. The standard InChI is InChI=1S/C18H19ClN2O/c1-13-12-15(19)6-7-16(13)20-10-8-18(22)21-11-9-14-4-2-3-5-17(14)21/h2-7,12,20H,8-11H2,1H3. The molecule has 2 aromatic rings. The van der Waals surface area contributed by atoms with Crippen molar-refractivity contribution in [3.05, 3.63) is 58.6 Å². The summed E-state index contributed by atoms with van der Waals surface area (Å²) in [6, 6.07) is 13.9. The normalized spacial score (nSPS) is 13.1. The summed E-state index contributed by atoms with van der Waals surface area (Å²) >= 11 is 5.95. The number of hydrogen-bond acceptors (Lipinski definition) is 2. The van der Waals surface area contributed by atoms with Crippen molar-refractivity contribution in [3.63, 3.8) is 0 Å². The lowest BCUT2D eigenvalue weighted by Gasteiger charge is -2.18. The van der Waals surface area contributed by atoms with Gasteiger partial charge in [0.05, 0.1) is 0 Å². The topological polar surface area (TPSA) is 32.3 Å². The summed E-state index contributed by atoms with van der Waals surface area (Å²) in [6.45, 7) is 3.42. The van der Waals surface area contributed by atoms with Gasteiger partial charge in [0.15, 0.2) is 0 Å². The summed E-state index contributed by atoms with van der Waals surface area (Å²) in [6.07, 6.45) is 1.43. The first-order valence-corrected chi connectivity index (χ1v) is 7.91. The first-order valence-electron chi connectivity index (χ1n) is 7.53. The molecule has 0 spiro atoms. The molecule has 1 aliphatic rings. The zero-order valence-corrected chi connectivity index (χ0v) is 13.4. The van der Waals surface area contributed by atoms with Crippen LogP contribution in [-0.2, 0) is 11.2 Å². The van der Waals surface area contributed by atoms with Crippen molar-refractivity contribution >= 4 is 28.9 Å². The van der Waals surface area contributed by atoms with E-state index in [9.17, 15) is 4.79 Å². The van der Waals surface area contributed by atoms with Gasteiger partial charge in [-0.05, 0) is 48.7 Å². The lowest BCUT2D eigenvalue weighted by atomic mass is 10.2. The van der Waals surface area contributed by atoms with Gasteiger partial charge >= 0.3 is 0 Å². The molecule has 114 valence electrons. The third kappa shape index (κ3) is 3.09. The molecule has 1 aliphatic heterocycles. The number of carbonyl (C=O) groups is 1. The number of amides is 1. The molecule has 1 amide bonds. The third-order valence-electron chi connectivity index (χ3n) is 4.03. The maximum absolute atomic E-state index is 12.4. The molecule has 3 nitrogen and oxygen atoms in total. The monoisotopic (exact) mass is 314 g/mol. The van der Waals surface area contributed by atoms with Crippen molar-refractivity contribution in [3.8, 4) is 0 Å². The van der Waals surface area contributed by atoms with Crippen molar-refractivity contribution < 1.29 is 4.79 Å². The van der Waals surface area contributed by atoms with E-state index in [1.807, 2.05) is 48.2 Å². The Labute approximate surface area is 135 Å². The minimum absolute atomic E-state index is 0.170. The molecule has 0 aliphatic carbocycles. The van der Waals surface area contributed by atoms with Gasteiger partial charge in [-0.2, -0.15) is 0 Å². The second-order valence-electron chi connectivity index (χ2n) is 5.56. The summed E-state index contributed by atoms with van der Waals surface area (Å²) in [5.41, 5.74) is 4.44. The quantitative estimate of drug-likeness (QED) is 0.923. The Morgan fingerprint density at radius 2 is 2.09 bits per heavy atom. The van der Waals surface area contributed by atoms with Crippen LogP contribution in [0.15, 0.2) is 42.5 Å². The van der Waals surface area contributed by atoms with Crippen molar-refractivity contribution in [2.75, 3.05) is 23.3 Å². The highest BCUT2D eigenvalue weighted by Crippen LogP contribution is 2.28. The van der Waals surface area contributed by atoms with E-state index in [-0.39, 0.29) is 5.91 Å². The SMILES string of the molecule is Cc1cc(Cl)ccc1NCCC(=O)N1CCc2ccccc21. The van der Waals surface area contributed by atoms with E-state index in [1.54, 1.807) is 0 Å². The molecule has 0 bridgehead atoms. The van der Waals surface area contributed by atoms with Crippen LogP contribution in [0, 0.1) is 6.92 Å². The minimum Gasteiger partial charge on any atom is -0.384 e. The number of carbonyl (C=O) groups excluding carboxylic acids is 1. The Balaban J connectivity index is 1.57. The lowest BCUT2D eigenvalue weighted by molar-refractivity contribution is -0.118. The molecule has 1 N–H and O–H groups in total. The lowest BCUT2D eigenvalue weighted by Crippen LogP contribution is -2.30. The van der Waals surface area contributed by atoms with Crippen molar-refractivity contribution in [2.24, 2.45) is 0 Å². The van der Waals surface area contributed by atoms with Crippen LogP contribution in [0.3, 0.4) is 0 Å². The van der Waals surface area contributed by atoms with E-state index in [2.05, 4.69) is 11.4 Å². The van der Waals surface area contributed by atoms with Crippen LogP contribution >= 0.6 is 11.6 Å². The van der Waals surface area contributed by atoms with Crippen LogP contribution in [-0.4, -0.2) is 19.0 Å². The number of nitrogens with zero attached hydrogens (tertiary/aromatic N) is 1. The highest BCUT2D eigenvalue weighted by atomic mass is 35.5. The van der Waals surface area contributed by atoms with E-state index in [0.717, 1.165) is 34.9 Å². The fourth-order valence-corrected chi connectivity index (χ4v) is 3.09. The summed E-state index contributed by atoms with van der Waals surface area (Å²) in [7, 11) is 0. The van der Waals surface area contributed by atoms with Gasteiger partial charge in [-0.15, -0.1) is 0 Å². The van der Waals surface area contributed by atoms with Crippen molar-refractivity contribution in [1.82, 2.24) is 0 Å². The predicted molar refractivity (Wildman–Crippen MR) is 91.8 cm³/mol. The fourth-order valence-electron chi connectivity index (χ4n) is 2.86. The Kier molecular flexibility index (Phi) is 4.34. The first-order chi connectivity index (χ1) is 10.6. The average Bonchev–Trinajstić information content (AvgIpc) is 2.93. The Morgan fingerprint density at radius 3 is 2.91 bits per heavy atom. The molecule has 0 aromatic heterocycles. The molecule has 1 heterocycles. The van der Waals surface area contributed by atoms with Crippen LogP contribution in [0.5, 0.6) is 0 Å². The fraction of sp³-hybridized carbons (Fsp3) is 0.278. The number of nitrogens with one attached hydrogen (secondary N) is 1. The van der Waals surface area contributed by atoms with Crippen LogP contribution < -0.4 is 10.2 Å². The van der Waals surface area contributed by atoms with Crippen molar-refractivity contribution in [2.45, 2.75) is 19.8 Å². The number of halogens is 1. The Hall–Kier alpha value is -2.00. The highest BCUT2D eigenvalue weighted by molar-refractivity contribution is 6.30. The zero-order chi connectivity index (χ0) is 15.5. The molecule has 0 saturated heterocycles. The maximum Gasteiger partial charge on any atom is 0.228 e.